The molecule has 5 heteroatoms. The third-order valence-electron chi connectivity index (χ3n) is 2.12. The molecule has 0 saturated carbocycles. The summed E-state index contributed by atoms with van der Waals surface area (Å²) in [5, 5.41) is 3.97. The van der Waals surface area contributed by atoms with Crippen LogP contribution in [0.4, 0.5) is 0 Å². The predicted octanol–water partition coefficient (Wildman–Crippen LogP) is 1.41. The van der Waals surface area contributed by atoms with E-state index in [2.05, 4.69) is 31.2 Å². The van der Waals surface area contributed by atoms with Crippen LogP contribution in [0.3, 0.4) is 0 Å². The zero-order valence-corrected chi connectivity index (χ0v) is 9.76. The van der Waals surface area contributed by atoms with E-state index in [1.54, 1.807) is 0 Å². The van der Waals surface area contributed by atoms with Gasteiger partial charge >= 0.3 is 5.69 Å². The van der Waals surface area contributed by atoms with Gasteiger partial charge < -0.3 is 10.3 Å². The first-order valence-corrected chi connectivity index (χ1v) is 5.33. The summed E-state index contributed by atoms with van der Waals surface area (Å²) >= 11 is 3.35. The summed E-state index contributed by atoms with van der Waals surface area (Å²) in [6.07, 6.45) is 0. The van der Waals surface area contributed by atoms with Crippen LogP contribution in [-0.4, -0.2) is 17.0 Å². The highest BCUT2D eigenvalue weighted by Crippen LogP contribution is 2.18. The minimum absolute atomic E-state index is 0.314. The quantitative estimate of drug-likeness (QED) is 0.865. The molecule has 2 N–H and O–H groups in total. The molecule has 0 atom stereocenters. The number of hydrogen-bond acceptors (Lipinski definition) is 3. The summed E-state index contributed by atoms with van der Waals surface area (Å²) in [5.74, 6) is 0. The molecule has 1 aromatic heterocycles. The average molecular weight is 268 g/mol. The van der Waals surface area contributed by atoms with Crippen LogP contribution in [0.25, 0.3) is 10.9 Å². The van der Waals surface area contributed by atoms with Crippen molar-refractivity contribution in [2.75, 3.05) is 7.05 Å². The first-order chi connectivity index (χ1) is 7.20. The standard InChI is InChI=1S/C10H10BrN3O/c1-12-5-9-7-3-2-6(11)4-8(7)13-10(15)14-9/h2-4,12H,5H2,1H3,(H,13,14,15). The molecule has 15 heavy (non-hydrogen) atoms. The van der Waals surface area contributed by atoms with Gasteiger partial charge in [-0.2, -0.15) is 4.98 Å². The number of fused-ring (bicyclic) bond motifs is 1. The number of nitrogens with one attached hydrogen (secondary N) is 2. The fourth-order valence-electron chi connectivity index (χ4n) is 1.50. The Labute approximate surface area is 94.9 Å². The van der Waals surface area contributed by atoms with Crippen LogP contribution >= 0.6 is 15.9 Å². The average Bonchev–Trinajstić information content (AvgIpc) is 2.17. The molecule has 0 saturated heterocycles. The van der Waals surface area contributed by atoms with Crippen LogP contribution in [0, 0.1) is 0 Å². The fraction of sp³-hybridized carbons (Fsp3) is 0.200. The van der Waals surface area contributed by atoms with Gasteiger partial charge in [0.15, 0.2) is 0 Å². The van der Waals surface area contributed by atoms with E-state index in [4.69, 9.17) is 0 Å². The van der Waals surface area contributed by atoms with Crippen molar-refractivity contribution >= 4 is 26.8 Å². The topological polar surface area (TPSA) is 57.8 Å². The smallest absolute Gasteiger partial charge is 0.314 e. The Kier molecular flexibility index (Phi) is 2.83. The summed E-state index contributed by atoms with van der Waals surface area (Å²) in [4.78, 5) is 17.9. The fourth-order valence-corrected chi connectivity index (χ4v) is 1.85. The van der Waals surface area contributed by atoms with Crippen LogP contribution in [0.5, 0.6) is 0 Å². The van der Waals surface area contributed by atoms with Gasteiger partial charge in [-0.25, -0.2) is 4.79 Å². The lowest BCUT2D eigenvalue weighted by Gasteiger charge is -2.04. The van der Waals surface area contributed by atoms with Gasteiger partial charge in [0.2, 0.25) is 0 Å². The molecule has 0 fully saturated rings. The number of H-pyrrole nitrogens is 1. The minimum atomic E-state index is -0.314. The zero-order chi connectivity index (χ0) is 10.8. The molecule has 0 aliphatic rings. The van der Waals surface area contributed by atoms with Crippen molar-refractivity contribution in [1.29, 1.82) is 0 Å². The molecular weight excluding hydrogens is 258 g/mol. The second-order valence-electron chi connectivity index (χ2n) is 3.21. The Bertz CT molecular complexity index is 550. The van der Waals surface area contributed by atoms with Gasteiger partial charge in [-0.1, -0.05) is 15.9 Å². The molecule has 0 spiro atoms. The van der Waals surface area contributed by atoms with Gasteiger partial charge in [0.1, 0.15) is 0 Å². The highest BCUT2D eigenvalue weighted by Gasteiger charge is 2.03. The van der Waals surface area contributed by atoms with Gasteiger partial charge in [-0.3, -0.25) is 0 Å². The van der Waals surface area contributed by atoms with E-state index in [0.29, 0.717) is 12.1 Å². The molecule has 1 aromatic carbocycles. The summed E-state index contributed by atoms with van der Waals surface area (Å²) in [6, 6.07) is 5.71. The van der Waals surface area contributed by atoms with Gasteiger partial charge in [-0.15, -0.1) is 0 Å². The van der Waals surface area contributed by atoms with Crippen molar-refractivity contribution in [3.63, 3.8) is 0 Å². The molecule has 0 amide bonds. The molecule has 2 rings (SSSR count). The molecular formula is C10H10BrN3O. The third kappa shape index (κ3) is 2.08. The van der Waals surface area contributed by atoms with E-state index < -0.39 is 0 Å². The van der Waals surface area contributed by atoms with Crippen LogP contribution < -0.4 is 11.0 Å². The Morgan fingerprint density at radius 1 is 1.53 bits per heavy atom. The van der Waals surface area contributed by atoms with Crippen molar-refractivity contribution in [3.05, 3.63) is 38.9 Å². The van der Waals surface area contributed by atoms with E-state index in [-0.39, 0.29) is 5.69 Å². The number of benzene rings is 1. The van der Waals surface area contributed by atoms with Crippen molar-refractivity contribution in [2.45, 2.75) is 6.54 Å². The Morgan fingerprint density at radius 3 is 3.07 bits per heavy atom. The Balaban J connectivity index is 2.74. The van der Waals surface area contributed by atoms with Crippen molar-refractivity contribution in [3.8, 4) is 0 Å². The lowest BCUT2D eigenvalue weighted by molar-refractivity contribution is 0.789. The number of nitrogens with zero attached hydrogens (tertiary/aromatic N) is 1. The van der Waals surface area contributed by atoms with E-state index in [0.717, 1.165) is 15.6 Å². The molecule has 0 aliphatic heterocycles. The van der Waals surface area contributed by atoms with Gasteiger partial charge in [-0.05, 0) is 25.2 Å². The highest BCUT2D eigenvalue weighted by molar-refractivity contribution is 9.10. The monoisotopic (exact) mass is 267 g/mol. The van der Waals surface area contributed by atoms with Gasteiger partial charge in [0.25, 0.3) is 0 Å². The van der Waals surface area contributed by atoms with Gasteiger partial charge in [0.05, 0.1) is 5.52 Å². The molecule has 78 valence electrons. The summed E-state index contributed by atoms with van der Waals surface area (Å²) in [5.41, 5.74) is 1.25. The van der Waals surface area contributed by atoms with Crippen molar-refractivity contribution in [1.82, 2.24) is 15.3 Å². The van der Waals surface area contributed by atoms with Crippen LogP contribution in [0.1, 0.15) is 5.69 Å². The number of aromatic nitrogens is 2. The molecule has 0 bridgehead atoms. The van der Waals surface area contributed by atoms with Crippen LogP contribution in [0.2, 0.25) is 0 Å². The van der Waals surface area contributed by atoms with Gasteiger partial charge in [0, 0.05) is 22.1 Å². The number of rotatable bonds is 2. The molecule has 0 unspecified atom stereocenters. The summed E-state index contributed by atoms with van der Waals surface area (Å²) in [7, 11) is 1.84. The largest absolute Gasteiger partial charge is 0.345 e. The predicted molar refractivity (Wildman–Crippen MR) is 62.8 cm³/mol. The Morgan fingerprint density at radius 2 is 2.33 bits per heavy atom. The molecule has 4 nitrogen and oxygen atoms in total. The second-order valence-corrected chi connectivity index (χ2v) is 4.13. The zero-order valence-electron chi connectivity index (χ0n) is 8.17. The first-order valence-electron chi connectivity index (χ1n) is 4.54. The lowest BCUT2D eigenvalue weighted by atomic mass is 10.2. The lowest BCUT2D eigenvalue weighted by Crippen LogP contribution is -2.17. The minimum Gasteiger partial charge on any atom is -0.314 e. The van der Waals surface area contributed by atoms with Crippen molar-refractivity contribution in [2.24, 2.45) is 0 Å². The maximum Gasteiger partial charge on any atom is 0.345 e. The van der Waals surface area contributed by atoms with E-state index in [1.165, 1.54) is 0 Å². The summed E-state index contributed by atoms with van der Waals surface area (Å²) < 4.78 is 0.920. The van der Waals surface area contributed by atoms with E-state index >= 15 is 0 Å². The third-order valence-corrected chi connectivity index (χ3v) is 2.61. The van der Waals surface area contributed by atoms with Crippen LogP contribution in [-0.2, 0) is 6.54 Å². The highest BCUT2D eigenvalue weighted by atomic mass is 79.9. The molecule has 1 heterocycles. The van der Waals surface area contributed by atoms with E-state index in [1.807, 2.05) is 25.2 Å². The first kappa shape index (κ1) is 10.3. The normalized spacial score (nSPS) is 10.8. The summed E-state index contributed by atoms with van der Waals surface area (Å²) in [6.45, 7) is 0.621. The maximum absolute atomic E-state index is 11.3. The van der Waals surface area contributed by atoms with Crippen LogP contribution in [0.15, 0.2) is 27.5 Å². The van der Waals surface area contributed by atoms with E-state index in [9.17, 15) is 4.79 Å². The number of halogens is 1. The second kappa shape index (κ2) is 4.12. The SMILES string of the molecule is CNCc1[nH]c(=O)nc2cc(Br)ccc12. The van der Waals surface area contributed by atoms with Crippen molar-refractivity contribution < 1.29 is 0 Å². The maximum atomic E-state index is 11.3. The molecule has 0 aliphatic carbocycles. The Hall–Kier alpha value is -1.20. The number of aromatic amines is 1. The number of hydrogen-bond donors (Lipinski definition) is 2. The molecule has 0 radical (unpaired) electrons. The molecule has 2 aromatic rings.